The summed E-state index contributed by atoms with van der Waals surface area (Å²) in [5.74, 6) is 0.517. The van der Waals surface area contributed by atoms with Crippen molar-refractivity contribution < 1.29 is 4.74 Å². The number of hydrogen-bond donors (Lipinski definition) is 0. The Hall–Kier alpha value is -0.0500. The normalized spacial score (nSPS) is 12.7. The van der Waals surface area contributed by atoms with Crippen LogP contribution in [0.1, 0.15) is 12.5 Å². The molecule has 84 valence electrons. The molecule has 1 aromatic rings. The fraction of sp³-hybridized carbons (Fsp3) is 0.500. The Morgan fingerprint density at radius 3 is 2.87 bits per heavy atom. The van der Waals surface area contributed by atoms with E-state index in [0.29, 0.717) is 5.92 Å². The average molecular weight is 292 g/mol. The minimum atomic E-state index is 0.517. The minimum Gasteiger partial charge on any atom is -0.381 e. The molecular weight excluding hydrogens is 275 g/mol. The maximum Gasteiger partial charge on any atom is 0.0505 e. The number of ether oxygens (including phenoxy) is 1. The van der Waals surface area contributed by atoms with Crippen LogP contribution >= 0.6 is 27.5 Å². The maximum absolute atomic E-state index is 5.93. The predicted octanol–water partition coefficient (Wildman–Crippen LogP) is 3.93. The van der Waals surface area contributed by atoms with Crippen molar-refractivity contribution >= 4 is 27.5 Å². The molecule has 0 aliphatic rings. The molecule has 1 aromatic carbocycles. The van der Waals surface area contributed by atoms with Gasteiger partial charge in [0.2, 0.25) is 0 Å². The van der Waals surface area contributed by atoms with Gasteiger partial charge in [0.05, 0.1) is 6.61 Å². The van der Waals surface area contributed by atoms with E-state index in [1.807, 2.05) is 25.1 Å². The Morgan fingerprint density at radius 2 is 2.27 bits per heavy atom. The topological polar surface area (TPSA) is 9.23 Å². The van der Waals surface area contributed by atoms with Crippen LogP contribution in [0.2, 0.25) is 5.02 Å². The molecule has 0 aliphatic carbocycles. The second kappa shape index (κ2) is 7.26. The van der Waals surface area contributed by atoms with Crippen LogP contribution < -0.4 is 0 Å². The van der Waals surface area contributed by atoms with E-state index in [9.17, 15) is 0 Å². The molecule has 1 unspecified atom stereocenters. The highest BCUT2D eigenvalue weighted by Gasteiger charge is 2.08. The predicted molar refractivity (Wildman–Crippen MR) is 68.9 cm³/mol. The van der Waals surface area contributed by atoms with E-state index in [-0.39, 0.29) is 0 Å². The maximum atomic E-state index is 5.93. The van der Waals surface area contributed by atoms with Gasteiger partial charge in [-0.1, -0.05) is 39.7 Å². The smallest absolute Gasteiger partial charge is 0.0505 e. The first-order valence-electron chi connectivity index (χ1n) is 5.14. The Labute approximate surface area is 105 Å². The van der Waals surface area contributed by atoms with Crippen molar-refractivity contribution in [3.8, 4) is 0 Å². The summed E-state index contributed by atoms with van der Waals surface area (Å²) in [6.07, 6.45) is 1.01. The van der Waals surface area contributed by atoms with Crippen LogP contribution in [0.3, 0.4) is 0 Å². The van der Waals surface area contributed by atoms with Gasteiger partial charge in [0.1, 0.15) is 0 Å². The number of benzene rings is 1. The second-order valence-corrected chi connectivity index (χ2v) is 4.60. The molecule has 0 amide bonds. The fourth-order valence-corrected chi connectivity index (χ4v) is 2.07. The van der Waals surface area contributed by atoms with E-state index in [4.69, 9.17) is 16.3 Å². The largest absolute Gasteiger partial charge is 0.381 e. The second-order valence-electron chi connectivity index (χ2n) is 3.51. The molecule has 0 aromatic heterocycles. The van der Waals surface area contributed by atoms with Crippen LogP contribution in [0.4, 0.5) is 0 Å². The lowest BCUT2D eigenvalue weighted by molar-refractivity contribution is 0.118. The van der Waals surface area contributed by atoms with Crippen molar-refractivity contribution in [3.63, 3.8) is 0 Å². The molecule has 0 saturated heterocycles. The highest BCUT2D eigenvalue weighted by molar-refractivity contribution is 9.09. The van der Waals surface area contributed by atoms with E-state index in [2.05, 4.69) is 22.0 Å². The van der Waals surface area contributed by atoms with E-state index < -0.39 is 0 Å². The summed E-state index contributed by atoms with van der Waals surface area (Å²) in [4.78, 5) is 0. The van der Waals surface area contributed by atoms with Gasteiger partial charge in [-0.15, -0.1) is 0 Å². The van der Waals surface area contributed by atoms with Gasteiger partial charge in [-0.3, -0.25) is 0 Å². The van der Waals surface area contributed by atoms with E-state index in [1.54, 1.807) is 0 Å². The summed E-state index contributed by atoms with van der Waals surface area (Å²) < 4.78 is 5.43. The van der Waals surface area contributed by atoms with Crippen molar-refractivity contribution in [2.75, 3.05) is 18.5 Å². The third-order valence-corrected chi connectivity index (χ3v) is 3.34. The van der Waals surface area contributed by atoms with Crippen LogP contribution in [0.5, 0.6) is 0 Å². The van der Waals surface area contributed by atoms with Crippen molar-refractivity contribution in [1.82, 2.24) is 0 Å². The van der Waals surface area contributed by atoms with Crippen molar-refractivity contribution in [2.24, 2.45) is 5.92 Å². The first-order chi connectivity index (χ1) is 7.26. The molecular formula is C12H16BrClO. The van der Waals surface area contributed by atoms with Crippen LogP contribution in [0.25, 0.3) is 0 Å². The molecule has 0 saturated carbocycles. The first-order valence-corrected chi connectivity index (χ1v) is 6.64. The molecule has 0 N–H and O–H groups in total. The van der Waals surface area contributed by atoms with Gasteiger partial charge in [0.15, 0.2) is 0 Å². The summed E-state index contributed by atoms with van der Waals surface area (Å²) in [6, 6.07) is 8.01. The Bertz CT molecular complexity index is 291. The Kier molecular flexibility index (Phi) is 6.30. The number of hydrogen-bond acceptors (Lipinski definition) is 1. The SMILES string of the molecule is CCOCC(CBr)Cc1cccc(Cl)c1. The van der Waals surface area contributed by atoms with Crippen LogP contribution in [0.15, 0.2) is 24.3 Å². The highest BCUT2D eigenvalue weighted by atomic mass is 79.9. The van der Waals surface area contributed by atoms with Gasteiger partial charge in [-0.25, -0.2) is 0 Å². The first kappa shape index (κ1) is 13.0. The molecule has 0 heterocycles. The molecule has 0 fully saturated rings. The van der Waals surface area contributed by atoms with Crippen LogP contribution in [0, 0.1) is 5.92 Å². The molecule has 15 heavy (non-hydrogen) atoms. The minimum absolute atomic E-state index is 0.517. The molecule has 0 radical (unpaired) electrons. The van der Waals surface area contributed by atoms with Gasteiger partial charge in [0.25, 0.3) is 0 Å². The summed E-state index contributed by atoms with van der Waals surface area (Å²) in [6.45, 7) is 3.60. The van der Waals surface area contributed by atoms with E-state index >= 15 is 0 Å². The van der Waals surface area contributed by atoms with Gasteiger partial charge in [0, 0.05) is 17.0 Å². The molecule has 1 rings (SSSR count). The summed E-state index contributed by atoms with van der Waals surface area (Å²) in [7, 11) is 0. The third-order valence-electron chi connectivity index (χ3n) is 2.19. The van der Waals surface area contributed by atoms with E-state index in [0.717, 1.165) is 30.0 Å². The zero-order valence-electron chi connectivity index (χ0n) is 8.88. The summed E-state index contributed by atoms with van der Waals surface area (Å²) in [5, 5.41) is 1.76. The van der Waals surface area contributed by atoms with Crippen molar-refractivity contribution in [1.29, 1.82) is 0 Å². The van der Waals surface area contributed by atoms with Crippen molar-refractivity contribution in [2.45, 2.75) is 13.3 Å². The number of halogens is 2. The number of alkyl halides is 1. The quantitative estimate of drug-likeness (QED) is 0.722. The van der Waals surface area contributed by atoms with Crippen molar-refractivity contribution in [3.05, 3.63) is 34.9 Å². The highest BCUT2D eigenvalue weighted by Crippen LogP contribution is 2.16. The summed E-state index contributed by atoms with van der Waals surface area (Å²) >= 11 is 9.44. The zero-order chi connectivity index (χ0) is 11.1. The lowest BCUT2D eigenvalue weighted by Gasteiger charge is -2.13. The molecule has 1 atom stereocenters. The van der Waals surface area contributed by atoms with Crippen LogP contribution in [-0.2, 0) is 11.2 Å². The van der Waals surface area contributed by atoms with Gasteiger partial charge < -0.3 is 4.74 Å². The van der Waals surface area contributed by atoms with Gasteiger partial charge in [-0.05, 0) is 37.0 Å². The van der Waals surface area contributed by atoms with E-state index in [1.165, 1.54) is 5.56 Å². The third kappa shape index (κ3) is 5.01. The average Bonchev–Trinajstić information content (AvgIpc) is 2.24. The molecule has 1 nitrogen and oxygen atoms in total. The van der Waals surface area contributed by atoms with Gasteiger partial charge in [-0.2, -0.15) is 0 Å². The fourth-order valence-electron chi connectivity index (χ4n) is 1.44. The molecule has 0 spiro atoms. The Balaban J connectivity index is 2.50. The monoisotopic (exact) mass is 290 g/mol. The lowest BCUT2D eigenvalue weighted by atomic mass is 10.0. The summed E-state index contributed by atoms with van der Waals surface area (Å²) in [5.41, 5.74) is 1.27. The zero-order valence-corrected chi connectivity index (χ0v) is 11.2. The number of rotatable bonds is 6. The van der Waals surface area contributed by atoms with Gasteiger partial charge >= 0.3 is 0 Å². The van der Waals surface area contributed by atoms with Crippen LogP contribution in [-0.4, -0.2) is 18.5 Å². The Morgan fingerprint density at radius 1 is 1.47 bits per heavy atom. The molecule has 3 heteroatoms. The molecule has 0 bridgehead atoms. The lowest BCUT2D eigenvalue weighted by Crippen LogP contribution is -2.14. The molecule has 0 aliphatic heterocycles. The standard InChI is InChI=1S/C12H16BrClO/c1-2-15-9-11(8-13)6-10-4-3-5-12(14)7-10/h3-5,7,11H,2,6,8-9H2,1H3.